The molecule has 0 radical (unpaired) electrons. The molecule has 0 bridgehead atoms. The largest absolute Gasteiger partial charge is 0.423 e. The fraction of sp³-hybridized carbons (Fsp3) is 0.571. The molecule has 9 heteroatoms. The van der Waals surface area contributed by atoms with E-state index in [0.717, 1.165) is 4.90 Å². The third-order valence-corrected chi connectivity index (χ3v) is 3.66. The zero-order valence-electron chi connectivity index (χ0n) is 12.8. The van der Waals surface area contributed by atoms with Crippen molar-refractivity contribution >= 4 is 5.91 Å². The van der Waals surface area contributed by atoms with E-state index in [0.29, 0.717) is 23.8 Å². The lowest BCUT2D eigenvalue weighted by Crippen LogP contribution is -2.34. The van der Waals surface area contributed by atoms with Gasteiger partial charge in [0, 0.05) is 18.9 Å². The molecule has 3 rings (SSSR count). The molecule has 1 aliphatic heterocycles. The summed E-state index contributed by atoms with van der Waals surface area (Å²) in [6.07, 6.45) is -0.164. The molecule has 124 valence electrons. The molecule has 0 N–H and O–H groups in total. The number of hydrogen-bond donors (Lipinski definition) is 0. The van der Waals surface area contributed by atoms with Gasteiger partial charge in [0.1, 0.15) is 11.8 Å². The molecule has 7 nitrogen and oxygen atoms in total. The number of alkyl halides is 2. The summed E-state index contributed by atoms with van der Waals surface area (Å²) in [6.45, 7) is 2.86. The number of rotatable bonds is 4. The van der Waals surface area contributed by atoms with E-state index in [2.05, 4.69) is 15.4 Å². The Morgan fingerprint density at radius 3 is 2.87 bits per heavy atom. The molecule has 2 aromatic heterocycles. The Labute approximate surface area is 130 Å². The summed E-state index contributed by atoms with van der Waals surface area (Å²) in [4.78, 5) is 13.5. The van der Waals surface area contributed by atoms with Crippen LogP contribution < -0.4 is 0 Å². The topological polar surface area (TPSA) is 85.3 Å². The van der Waals surface area contributed by atoms with Gasteiger partial charge < -0.3 is 13.8 Å². The highest BCUT2D eigenvalue weighted by Crippen LogP contribution is 2.40. The lowest BCUT2D eigenvalue weighted by Gasteiger charge is -2.20. The first kappa shape index (κ1) is 15.6. The third kappa shape index (κ3) is 3.22. The van der Waals surface area contributed by atoms with E-state index in [1.54, 1.807) is 13.0 Å². The fourth-order valence-corrected chi connectivity index (χ4v) is 2.59. The average Bonchev–Trinajstić information content (AvgIpc) is 3.17. The second-order valence-electron chi connectivity index (χ2n) is 5.60. The summed E-state index contributed by atoms with van der Waals surface area (Å²) in [5.74, 6) is -2.74. The molecule has 0 saturated carbocycles. The Bertz CT molecular complexity index is 712. The van der Waals surface area contributed by atoms with Crippen molar-refractivity contribution in [3.63, 3.8) is 0 Å². The fourth-order valence-electron chi connectivity index (χ4n) is 2.59. The van der Waals surface area contributed by atoms with Crippen molar-refractivity contribution in [1.82, 2.24) is 20.3 Å². The highest BCUT2D eigenvalue weighted by molar-refractivity contribution is 5.79. The number of carbonyl (C=O) groups is 1. The van der Waals surface area contributed by atoms with Crippen molar-refractivity contribution in [2.24, 2.45) is 0 Å². The summed E-state index contributed by atoms with van der Waals surface area (Å²) in [6, 6.07) is 0.678. The van der Waals surface area contributed by atoms with Crippen LogP contribution in [0.25, 0.3) is 0 Å². The van der Waals surface area contributed by atoms with Gasteiger partial charge in [-0.25, -0.2) is 8.78 Å². The molecular formula is C14H16F2N4O3. The van der Waals surface area contributed by atoms with Crippen LogP contribution in [0, 0.1) is 6.92 Å². The van der Waals surface area contributed by atoms with Crippen molar-refractivity contribution < 1.29 is 22.5 Å². The highest BCUT2D eigenvalue weighted by atomic mass is 19.3. The molecule has 0 aromatic carbocycles. The van der Waals surface area contributed by atoms with Gasteiger partial charge in [0.05, 0.1) is 18.7 Å². The summed E-state index contributed by atoms with van der Waals surface area (Å²) in [5.41, 5.74) is 0.626. The van der Waals surface area contributed by atoms with Crippen LogP contribution in [0.1, 0.15) is 42.6 Å². The smallest absolute Gasteiger partial charge is 0.267 e. The Morgan fingerprint density at radius 2 is 2.26 bits per heavy atom. The Morgan fingerprint density at radius 1 is 1.48 bits per heavy atom. The van der Waals surface area contributed by atoms with Crippen molar-refractivity contribution in [2.45, 2.75) is 45.1 Å². The van der Waals surface area contributed by atoms with Crippen LogP contribution in [-0.4, -0.2) is 38.6 Å². The van der Waals surface area contributed by atoms with Gasteiger partial charge in [-0.15, -0.1) is 10.2 Å². The summed E-state index contributed by atoms with van der Waals surface area (Å²) >= 11 is 0. The van der Waals surface area contributed by atoms with Gasteiger partial charge in [-0.05, 0) is 6.92 Å². The van der Waals surface area contributed by atoms with Gasteiger partial charge in [-0.3, -0.25) is 4.79 Å². The van der Waals surface area contributed by atoms with Crippen LogP contribution >= 0.6 is 0 Å². The van der Waals surface area contributed by atoms with E-state index < -0.39 is 30.8 Å². The second-order valence-corrected chi connectivity index (χ2v) is 5.60. The lowest BCUT2D eigenvalue weighted by atomic mass is 10.2. The first-order valence-electron chi connectivity index (χ1n) is 7.30. The van der Waals surface area contributed by atoms with Crippen LogP contribution in [0.15, 0.2) is 15.0 Å². The monoisotopic (exact) mass is 326 g/mol. The SMILES string of the molecule is CCc1nnc([C@@H]2CC(F)(F)CN2C(=O)Cc2cc(C)no2)o1. The molecule has 23 heavy (non-hydrogen) atoms. The van der Waals surface area contributed by atoms with Gasteiger partial charge in [0.15, 0.2) is 0 Å². The number of carbonyl (C=O) groups excluding carboxylic acids is 1. The molecule has 0 spiro atoms. The number of aryl methyl sites for hydroxylation is 2. The number of halogens is 2. The molecule has 1 aliphatic rings. The number of hydrogen-bond acceptors (Lipinski definition) is 6. The van der Waals surface area contributed by atoms with E-state index in [-0.39, 0.29) is 12.3 Å². The maximum Gasteiger partial charge on any atom is 0.267 e. The molecule has 0 unspecified atom stereocenters. The van der Waals surface area contributed by atoms with Gasteiger partial charge in [0.25, 0.3) is 5.92 Å². The first-order chi connectivity index (χ1) is 10.9. The van der Waals surface area contributed by atoms with Gasteiger partial charge in [-0.2, -0.15) is 0 Å². The standard InChI is InChI=1S/C14H16F2N4O3/c1-3-11-17-18-13(22-11)10-6-14(15,16)7-20(10)12(21)5-9-4-8(2)19-23-9/h4,10H,3,5-7H2,1-2H3/t10-/m0/s1. The lowest BCUT2D eigenvalue weighted by molar-refractivity contribution is -0.133. The van der Waals surface area contributed by atoms with Crippen LogP contribution in [0.2, 0.25) is 0 Å². The Hall–Kier alpha value is -2.32. The minimum atomic E-state index is -2.99. The van der Waals surface area contributed by atoms with Crippen molar-refractivity contribution in [2.75, 3.05) is 6.54 Å². The van der Waals surface area contributed by atoms with Crippen molar-refractivity contribution in [3.05, 3.63) is 29.3 Å². The van der Waals surface area contributed by atoms with E-state index in [1.165, 1.54) is 0 Å². The second kappa shape index (κ2) is 5.71. The number of amides is 1. The number of nitrogens with zero attached hydrogens (tertiary/aromatic N) is 4. The Kier molecular flexibility index (Phi) is 3.87. The summed E-state index contributed by atoms with van der Waals surface area (Å²) < 4.78 is 37.9. The van der Waals surface area contributed by atoms with Crippen molar-refractivity contribution in [3.8, 4) is 0 Å². The van der Waals surface area contributed by atoms with Crippen LogP contribution in [0.3, 0.4) is 0 Å². The van der Waals surface area contributed by atoms with E-state index in [1.807, 2.05) is 6.92 Å². The van der Waals surface area contributed by atoms with E-state index in [9.17, 15) is 13.6 Å². The minimum Gasteiger partial charge on any atom is -0.423 e. The molecular weight excluding hydrogens is 310 g/mol. The van der Waals surface area contributed by atoms with E-state index >= 15 is 0 Å². The van der Waals surface area contributed by atoms with Crippen LogP contribution in [-0.2, 0) is 17.6 Å². The minimum absolute atomic E-state index is 0.0427. The molecule has 1 amide bonds. The maximum atomic E-state index is 13.8. The van der Waals surface area contributed by atoms with Gasteiger partial charge >= 0.3 is 0 Å². The number of aromatic nitrogens is 3. The average molecular weight is 326 g/mol. The summed E-state index contributed by atoms with van der Waals surface area (Å²) in [5, 5.41) is 11.3. The molecule has 1 atom stereocenters. The van der Waals surface area contributed by atoms with E-state index in [4.69, 9.17) is 8.94 Å². The normalized spacial score (nSPS) is 20.2. The predicted octanol–water partition coefficient (Wildman–Crippen LogP) is 2.08. The highest BCUT2D eigenvalue weighted by Gasteiger charge is 2.49. The van der Waals surface area contributed by atoms with Crippen LogP contribution in [0.5, 0.6) is 0 Å². The quantitative estimate of drug-likeness (QED) is 0.855. The molecule has 2 aromatic rings. The Balaban J connectivity index is 1.81. The molecule has 1 saturated heterocycles. The number of likely N-dealkylation sites (tertiary alicyclic amines) is 1. The zero-order chi connectivity index (χ0) is 16.6. The van der Waals surface area contributed by atoms with Gasteiger partial charge in [0.2, 0.25) is 17.7 Å². The molecule has 3 heterocycles. The first-order valence-corrected chi connectivity index (χ1v) is 7.30. The van der Waals surface area contributed by atoms with Crippen LogP contribution in [0.4, 0.5) is 8.78 Å². The van der Waals surface area contributed by atoms with Gasteiger partial charge in [-0.1, -0.05) is 12.1 Å². The predicted molar refractivity (Wildman–Crippen MR) is 72.6 cm³/mol. The summed E-state index contributed by atoms with van der Waals surface area (Å²) in [7, 11) is 0. The maximum absolute atomic E-state index is 13.8. The van der Waals surface area contributed by atoms with Crippen molar-refractivity contribution in [1.29, 1.82) is 0 Å². The zero-order valence-corrected chi connectivity index (χ0v) is 12.8. The third-order valence-electron chi connectivity index (χ3n) is 3.66. The molecule has 1 fully saturated rings. The molecule has 0 aliphatic carbocycles.